The predicted octanol–water partition coefficient (Wildman–Crippen LogP) is 2.36. The number of hydrazone groups is 1. The Bertz CT molecular complexity index is 575. The van der Waals surface area contributed by atoms with Gasteiger partial charge in [0, 0.05) is 5.56 Å². The summed E-state index contributed by atoms with van der Waals surface area (Å²) >= 11 is 1.68. The van der Waals surface area contributed by atoms with Crippen LogP contribution in [-0.2, 0) is 4.79 Å². The first kappa shape index (κ1) is 11.2. The molecule has 1 fully saturated rings. The summed E-state index contributed by atoms with van der Waals surface area (Å²) in [6.07, 6.45) is 2.50. The SMILES string of the molecule is O=C1C[C@@H](c2cccs2)/[N+](=C/c2ccccc2)N1. The van der Waals surface area contributed by atoms with Crippen LogP contribution in [0.5, 0.6) is 0 Å². The van der Waals surface area contributed by atoms with Crippen molar-refractivity contribution in [1.82, 2.24) is 5.43 Å². The lowest BCUT2D eigenvalue weighted by molar-refractivity contribution is -0.594. The van der Waals surface area contributed by atoms with Crippen LogP contribution in [0, 0.1) is 0 Å². The smallest absolute Gasteiger partial charge is 0.269 e. The fourth-order valence-corrected chi connectivity index (χ4v) is 2.91. The lowest BCUT2D eigenvalue weighted by Crippen LogP contribution is -2.26. The van der Waals surface area contributed by atoms with E-state index in [0.717, 1.165) is 5.56 Å². The summed E-state index contributed by atoms with van der Waals surface area (Å²) in [6.45, 7) is 0. The normalized spacial score (nSPS) is 21.2. The van der Waals surface area contributed by atoms with Crippen molar-refractivity contribution in [3.63, 3.8) is 0 Å². The second-order valence-electron chi connectivity index (χ2n) is 4.22. The first-order valence-electron chi connectivity index (χ1n) is 5.84. The van der Waals surface area contributed by atoms with Crippen molar-refractivity contribution < 1.29 is 9.48 Å². The Balaban J connectivity index is 1.95. The molecule has 1 aliphatic heterocycles. The quantitative estimate of drug-likeness (QED) is 0.823. The fourth-order valence-electron chi connectivity index (χ4n) is 2.08. The highest BCUT2D eigenvalue weighted by molar-refractivity contribution is 7.10. The topological polar surface area (TPSA) is 32.1 Å². The zero-order valence-electron chi connectivity index (χ0n) is 9.74. The van der Waals surface area contributed by atoms with Gasteiger partial charge in [-0.2, -0.15) is 0 Å². The average molecular weight is 257 g/mol. The molecule has 1 aromatic carbocycles. The van der Waals surface area contributed by atoms with Gasteiger partial charge in [-0.25, -0.2) is 0 Å². The van der Waals surface area contributed by atoms with Gasteiger partial charge < -0.3 is 0 Å². The van der Waals surface area contributed by atoms with Crippen LogP contribution in [0.3, 0.4) is 0 Å². The Hall–Kier alpha value is -1.94. The Kier molecular flexibility index (Phi) is 2.94. The van der Waals surface area contributed by atoms with E-state index >= 15 is 0 Å². The van der Waals surface area contributed by atoms with Crippen molar-refractivity contribution in [2.45, 2.75) is 12.5 Å². The number of nitrogens with zero attached hydrogens (tertiary/aromatic N) is 1. The summed E-state index contributed by atoms with van der Waals surface area (Å²) < 4.78 is 1.91. The number of thiophene rings is 1. The minimum absolute atomic E-state index is 0.0700. The fraction of sp³-hybridized carbons (Fsp3) is 0.143. The molecule has 1 saturated heterocycles. The zero-order chi connectivity index (χ0) is 12.4. The van der Waals surface area contributed by atoms with E-state index in [4.69, 9.17) is 0 Å². The second-order valence-corrected chi connectivity index (χ2v) is 5.20. The highest BCUT2D eigenvalue weighted by atomic mass is 32.1. The van der Waals surface area contributed by atoms with E-state index in [1.807, 2.05) is 52.7 Å². The summed E-state index contributed by atoms with van der Waals surface area (Å²) in [6, 6.07) is 14.2. The van der Waals surface area contributed by atoms with Gasteiger partial charge >= 0.3 is 0 Å². The molecule has 0 unspecified atom stereocenters. The molecule has 0 radical (unpaired) electrons. The van der Waals surface area contributed by atoms with Crippen LogP contribution in [0.15, 0.2) is 47.8 Å². The molecule has 0 bridgehead atoms. The van der Waals surface area contributed by atoms with Crippen LogP contribution < -0.4 is 5.43 Å². The number of hydrogen-bond acceptors (Lipinski definition) is 2. The van der Waals surface area contributed by atoms with Crippen LogP contribution in [-0.4, -0.2) is 16.8 Å². The van der Waals surface area contributed by atoms with E-state index in [-0.39, 0.29) is 11.9 Å². The molecule has 0 aliphatic carbocycles. The van der Waals surface area contributed by atoms with E-state index in [9.17, 15) is 4.79 Å². The van der Waals surface area contributed by atoms with Gasteiger partial charge in [0.1, 0.15) is 6.42 Å². The second kappa shape index (κ2) is 4.74. The predicted molar refractivity (Wildman–Crippen MR) is 71.7 cm³/mol. The molecule has 3 rings (SSSR count). The summed E-state index contributed by atoms with van der Waals surface area (Å²) in [4.78, 5) is 12.8. The highest BCUT2D eigenvalue weighted by Gasteiger charge is 2.36. The Morgan fingerprint density at radius 1 is 1.22 bits per heavy atom. The maximum Gasteiger partial charge on any atom is 0.281 e. The number of benzene rings is 1. The van der Waals surface area contributed by atoms with Crippen molar-refractivity contribution in [2.75, 3.05) is 0 Å². The molecule has 90 valence electrons. The van der Waals surface area contributed by atoms with E-state index in [0.29, 0.717) is 6.42 Å². The number of amides is 1. The number of carbonyl (C=O) groups is 1. The molecule has 1 atom stereocenters. The summed E-state index contributed by atoms with van der Waals surface area (Å²) in [5.74, 6) is 0.0700. The van der Waals surface area contributed by atoms with Gasteiger partial charge in [0.25, 0.3) is 5.91 Å². The molecule has 1 amide bonds. The molecule has 2 aromatic rings. The molecule has 0 spiro atoms. The van der Waals surface area contributed by atoms with Gasteiger partial charge in [0.15, 0.2) is 0 Å². The van der Waals surface area contributed by atoms with Crippen molar-refractivity contribution in [1.29, 1.82) is 0 Å². The van der Waals surface area contributed by atoms with Crippen LogP contribution in [0.2, 0.25) is 0 Å². The lowest BCUT2D eigenvalue weighted by Gasteiger charge is -2.01. The lowest BCUT2D eigenvalue weighted by atomic mass is 10.2. The minimum Gasteiger partial charge on any atom is -0.269 e. The minimum atomic E-state index is 0.0700. The number of hydrogen-bond donors (Lipinski definition) is 1. The summed E-state index contributed by atoms with van der Waals surface area (Å²) in [7, 11) is 0. The van der Waals surface area contributed by atoms with Gasteiger partial charge in [-0.15, -0.1) is 21.4 Å². The third-order valence-electron chi connectivity index (χ3n) is 2.93. The molecule has 1 aliphatic rings. The van der Waals surface area contributed by atoms with E-state index in [2.05, 4.69) is 11.5 Å². The third kappa shape index (κ3) is 2.19. The Labute approximate surface area is 109 Å². The molecular formula is C14H13N2OS+. The van der Waals surface area contributed by atoms with E-state index in [1.54, 1.807) is 11.3 Å². The van der Waals surface area contributed by atoms with Gasteiger partial charge in [-0.05, 0) is 23.6 Å². The van der Waals surface area contributed by atoms with E-state index in [1.165, 1.54) is 4.88 Å². The first-order valence-corrected chi connectivity index (χ1v) is 6.72. The molecule has 18 heavy (non-hydrogen) atoms. The number of carbonyl (C=O) groups excluding carboxylic acids is 1. The average Bonchev–Trinajstić information content (AvgIpc) is 3.00. The molecule has 3 nitrogen and oxygen atoms in total. The molecule has 1 N–H and O–H groups in total. The first-order chi connectivity index (χ1) is 8.83. The molecule has 4 heteroatoms. The van der Waals surface area contributed by atoms with Crippen LogP contribution in [0.4, 0.5) is 0 Å². The maximum absolute atomic E-state index is 11.6. The van der Waals surface area contributed by atoms with Gasteiger partial charge in [0.2, 0.25) is 12.3 Å². The van der Waals surface area contributed by atoms with Gasteiger partial charge in [-0.1, -0.05) is 24.3 Å². The molecular weight excluding hydrogens is 244 g/mol. The summed E-state index contributed by atoms with van der Waals surface area (Å²) in [5, 5.41) is 2.04. The van der Waals surface area contributed by atoms with Gasteiger partial charge in [0.05, 0.1) is 4.88 Å². The van der Waals surface area contributed by atoms with Crippen molar-refractivity contribution in [3.8, 4) is 0 Å². The van der Waals surface area contributed by atoms with Crippen molar-refractivity contribution >= 4 is 23.5 Å². The number of hydrazine groups is 1. The summed E-state index contributed by atoms with van der Waals surface area (Å²) in [5.41, 5.74) is 3.97. The Morgan fingerprint density at radius 2 is 2.06 bits per heavy atom. The highest BCUT2D eigenvalue weighted by Crippen LogP contribution is 2.27. The van der Waals surface area contributed by atoms with Gasteiger partial charge in [-0.3, -0.25) is 4.79 Å². The van der Waals surface area contributed by atoms with E-state index < -0.39 is 0 Å². The Morgan fingerprint density at radius 3 is 2.78 bits per heavy atom. The molecule has 0 saturated carbocycles. The number of nitrogens with one attached hydrogen (secondary N) is 1. The van der Waals surface area contributed by atoms with Crippen LogP contribution >= 0.6 is 11.3 Å². The molecule has 2 heterocycles. The zero-order valence-corrected chi connectivity index (χ0v) is 10.6. The molecule has 1 aromatic heterocycles. The van der Waals surface area contributed by atoms with Crippen LogP contribution in [0.25, 0.3) is 0 Å². The number of rotatable bonds is 2. The maximum atomic E-state index is 11.6. The standard InChI is InChI=1S/C14H12N2OS/c17-14-9-12(13-7-4-8-18-13)16(15-14)10-11-5-2-1-3-6-11/h1-8,10,12H,9H2/p+1/b16-10-/t12-/m0/s1. The van der Waals surface area contributed by atoms with Crippen molar-refractivity contribution in [3.05, 3.63) is 58.3 Å². The van der Waals surface area contributed by atoms with Crippen LogP contribution in [0.1, 0.15) is 22.9 Å². The van der Waals surface area contributed by atoms with Crippen molar-refractivity contribution in [2.24, 2.45) is 0 Å². The third-order valence-corrected chi connectivity index (χ3v) is 3.90. The monoisotopic (exact) mass is 257 g/mol. The largest absolute Gasteiger partial charge is 0.281 e.